The second-order valence-corrected chi connectivity index (χ2v) is 13.7. The fourth-order valence-corrected chi connectivity index (χ4v) is 6.17. The highest BCUT2D eigenvalue weighted by Crippen LogP contribution is 2.38. The third-order valence-electron chi connectivity index (χ3n) is 8.29. The molecule has 2 aliphatic rings. The number of hydrogen-bond acceptors (Lipinski definition) is 7. The SMILES string of the molecule is CC[C@@H](Oc1ccc([C@H]2CN(C(C)=O)Cc3cc4c(cc3O2)CN(C(=O)OC(C)(C)C)[C@H](C(=O)OC)C4)cc1)c1ccc(Cl)c(Cl)c1. The van der Waals surface area contributed by atoms with Crippen LogP contribution in [0.15, 0.2) is 54.6 Å². The number of carbonyl (C=O) groups is 3. The molecular formula is C36H40Cl2N2O7. The molecule has 0 saturated carbocycles. The zero-order chi connectivity index (χ0) is 34.0. The molecule has 3 atom stereocenters. The van der Waals surface area contributed by atoms with Crippen LogP contribution in [0.4, 0.5) is 4.79 Å². The minimum absolute atomic E-state index is 0.0833. The van der Waals surface area contributed by atoms with E-state index in [0.717, 1.165) is 34.2 Å². The van der Waals surface area contributed by atoms with E-state index in [9.17, 15) is 14.4 Å². The number of fused-ring (bicyclic) bond motifs is 2. The molecule has 0 spiro atoms. The third-order valence-corrected chi connectivity index (χ3v) is 9.03. The van der Waals surface area contributed by atoms with Crippen LogP contribution in [0.3, 0.4) is 0 Å². The first-order valence-corrected chi connectivity index (χ1v) is 16.4. The quantitative estimate of drug-likeness (QED) is 0.245. The summed E-state index contributed by atoms with van der Waals surface area (Å²) in [6.07, 6.45) is -0.290. The van der Waals surface area contributed by atoms with Crippen molar-refractivity contribution in [1.29, 1.82) is 0 Å². The third kappa shape index (κ3) is 7.96. The molecule has 0 radical (unpaired) electrons. The molecule has 2 aliphatic heterocycles. The molecule has 47 heavy (non-hydrogen) atoms. The first kappa shape index (κ1) is 34.4. The summed E-state index contributed by atoms with van der Waals surface area (Å²) in [4.78, 5) is 41.8. The number of hydrogen-bond donors (Lipinski definition) is 0. The van der Waals surface area contributed by atoms with Gasteiger partial charge in [-0.15, -0.1) is 0 Å². The Labute approximate surface area is 285 Å². The minimum atomic E-state index is -0.839. The van der Waals surface area contributed by atoms with Gasteiger partial charge in [0.1, 0.15) is 35.3 Å². The van der Waals surface area contributed by atoms with Crippen molar-refractivity contribution in [1.82, 2.24) is 9.80 Å². The first-order chi connectivity index (χ1) is 22.3. The molecule has 3 aromatic carbocycles. The largest absolute Gasteiger partial charge is 0.486 e. The Morgan fingerprint density at radius 1 is 0.957 bits per heavy atom. The Bertz CT molecular complexity index is 1650. The van der Waals surface area contributed by atoms with Crippen molar-refractivity contribution in [2.75, 3.05) is 13.7 Å². The molecule has 0 aromatic heterocycles. The van der Waals surface area contributed by atoms with Gasteiger partial charge in [0.05, 0.1) is 30.2 Å². The van der Waals surface area contributed by atoms with E-state index in [0.29, 0.717) is 34.6 Å². The monoisotopic (exact) mass is 682 g/mol. The van der Waals surface area contributed by atoms with Gasteiger partial charge in [0.2, 0.25) is 5.91 Å². The molecule has 0 fully saturated rings. The normalized spacial score (nSPS) is 18.2. The standard InChI is InChI=1S/C36H40Cl2N2O7/c1-7-31(23-10-13-28(37)29(38)15-23)45-27-11-8-22(9-12-27)33-20-39(21(2)41)18-26-14-24-16-30(34(42)44-6)40(35(43)47-36(3,4)5)19-25(24)17-32(26)46-33/h8-15,17,30-31,33H,7,16,18-20H2,1-6H3/t30-,31+,33+/m0/s1. The molecule has 9 nitrogen and oxygen atoms in total. The lowest BCUT2D eigenvalue weighted by Gasteiger charge is -2.36. The average Bonchev–Trinajstić information content (AvgIpc) is 3.22. The summed E-state index contributed by atoms with van der Waals surface area (Å²) in [7, 11) is 1.30. The molecule has 0 unspecified atom stereocenters. The van der Waals surface area contributed by atoms with E-state index in [1.54, 1.807) is 31.7 Å². The predicted octanol–water partition coefficient (Wildman–Crippen LogP) is 7.84. The zero-order valence-corrected chi connectivity index (χ0v) is 29.0. The Morgan fingerprint density at radius 2 is 1.68 bits per heavy atom. The fraction of sp³-hybridized carbons (Fsp3) is 0.417. The second-order valence-electron chi connectivity index (χ2n) is 12.8. The van der Waals surface area contributed by atoms with E-state index in [1.165, 1.54) is 18.9 Å². The molecule has 0 bridgehead atoms. The number of amides is 2. The van der Waals surface area contributed by atoms with Gasteiger partial charge in [0.25, 0.3) is 0 Å². The van der Waals surface area contributed by atoms with Crippen LogP contribution in [0.5, 0.6) is 11.5 Å². The molecule has 0 saturated heterocycles. The van der Waals surface area contributed by atoms with Crippen LogP contribution in [-0.2, 0) is 38.6 Å². The summed E-state index contributed by atoms with van der Waals surface area (Å²) in [5, 5.41) is 0.968. The van der Waals surface area contributed by atoms with E-state index in [1.807, 2.05) is 55.5 Å². The number of halogens is 2. The van der Waals surface area contributed by atoms with E-state index in [-0.39, 0.29) is 25.0 Å². The smallest absolute Gasteiger partial charge is 0.411 e. The minimum Gasteiger partial charge on any atom is -0.486 e. The van der Waals surface area contributed by atoms with Gasteiger partial charge in [-0.3, -0.25) is 9.69 Å². The van der Waals surface area contributed by atoms with E-state index < -0.39 is 29.8 Å². The highest BCUT2D eigenvalue weighted by molar-refractivity contribution is 6.42. The lowest BCUT2D eigenvalue weighted by atomic mass is 9.92. The van der Waals surface area contributed by atoms with Crippen LogP contribution in [0.25, 0.3) is 0 Å². The van der Waals surface area contributed by atoms with Crippen molar-refractivity contribution >= 4 is 41.2 Å². The van der Waals surface area contributed by atoms with Gasteiger partial charge in [-0.1, -0.05) is 48.3 Å². The topological polar surface area (TPSA) is 94.6 Å². The fourth-order valence-electron chi connectivity index (χ4n) is 5.86. The van der Waals surface area contributed by atoms with Crippen molar-refractivity contribution in [2.45, 2.75) is 84.4 Å². The second kappa shape index (κ2) is 14.0. The Balaban J connectivity index is 1.41. The highest BCUT2D eigenvalue weighted by atomic mass is 35.5. The van der Waals surface area contributed by atoms with Gasteiger partial charge >= 0.3 is 12.1 Å². The average molecular weight is 684 g/mol. The molecule has 250 valence electrons. The predicted molar refractivity (Wildman–Crippen MR) is 179 cm³/mol. The summed E-state index contributed by atoms with van der Waals surface area (Å²) < 4.78 is 23.6. The molecule has 0 aliphatic carbocycles. The maximum atomic E-state index is 13.2. The molecule has 3 aromatic rings. The van der Waals surface area contributed by atoms with Gasteiger partial charge < -0.3 is 23.8 Å². The lowest BCUT2D eigenvalue weighted by molar-refractivity contribution is -0.147. The summed E-state index contributed by atoms with van der Waals surface area (Å²) in [6, 6.07) is 16.2. The van der Waals surface area contributed by atoms with E-state index in [2.05, 4.69) is 0 Å². The molecular weight excluding hydrogens is 643 g/mol. The summed E-state index contributed by atoms with van der Waals surface area (Å²) in [5.41, 5.74) is 3.61. The van der Waals surface area contributed by atoms with Crippen LogP contribution in [0.1, 0.15) is 81.1 Å². The molecule has 5 rings (SSSR count). The summed E-state index contributed by atoms with van der Waals surface area (Å²) >= 11 is 12.3. The highest BCUT2D eigenvalue weighted by Gasteiger charge is 2.39. The van der Waals surface area contributed by atoms with E-state index in [4.69, 9.17) is 42.1 Å². The Hall–Kier alpha value is -3.95. The van der Waals surface area contributed by atoms with Gasteiger partial charge in [0.15, 0.2) is 0 Å². The Morgan fingerprint density at radius 3 is 2.30 bits per heavy atom. The number of methoxy groups -OCH3 is 1. The van der Waals surface area contributed by atoms with Gasteiger partial charge in [-0.05, 0) is 85.8 Å². The number of benzene rings is 3. The summed E-state index contributed by atoms with van der Waals surface area (Å²) in [5.74, 6) is 0.692. The van der Waals surface area contributed by atoms with Crippen LogP contribution in [0, 0.1) is 0 Å². The van der Waals surface area contributed by atoms with Crippen molar-refractivity contribution in [2.24, 2.45) is 0 Å². The van der Waals surface area contributed by atoms with Crippen molar-refractivity contribution in [3.63, 3.8) is 0 Å². The lowest BCUT2D eigenvalue weighted by Crippen LogP contribution is -2.50. The van der Waals surface area contributed by atoms with Crippen LogP contribution in [0.2, 0.25) is 10.0 Å². The van der Waals surface area contributed by atoms with E-state index >= 15 is 0 Å². The molecule has 0 N–H and O–H groups in total. The van der Waals surface area contributed by atoms with Crippen molar-refractivity contribution in [3.8, 4) is 11.5 Å². The number of nitrogens with zero attached hydrogens (tertiary/aromatic N) is 2. The maximum Gasteiger partial charge on any atom is 0.411 e. The molecule has 11 heteroatoms. The van der Waals surface area contributed by atoms with Gasteiger partial charge in [0, 0.05) is 25.5 Å². The van der Waals surface area contributed by atoms with Crippen LogP contribution < -0.4 is 9.47 Å². The number of carbonyl (C=O) groups excluding carboxylic acids is 3. The van der Waals surface area contributed by atoms with Crippen LogP contribution in [-0.4, -0.2) is 53.1 Å². The first-order valence-electron chi connectivity index (χ1n) is 15.6. The van der Waals surface area contributed by atoms with Gasteiger partial charge in [-0.25, -0.2) is 9.59 Å². The van der Waals surface area contributed by atoms with Crippen molar-refractivity contribution in [3.05, 3.63) is 92.5 Å². The van der Waals surface area contributed by atoms with Gasteiger partial charge in [-0.2, -0.15) is 0 Å². The zero-order valence-electron chi connectivity index (χ0n) is 27.5. The summed E-state index contributed by atoms with van der Waals surface area (Å²) in [6.45, 7) is 9.74. The molecule has 2 heterocycles. The Kier molecular flexibility index (Phi) is 10.3. The number of rotatable bonds is 6. The maximum absolute atomic E-state index is 13.2. The van der Waals surface area contributed by atoms with Crippen LogP contribution >= 0.6 is 23.2 Å². The number of esters is 1. The van der Waals surface area contributed by atoms with Crippen molar-refractivity contribution < 1.29 is 33.3 Å². The number of ether oxygens (including phenoxy) is 4. The molecule has 2 amide bonds.